The normalized spacial score (nSPS) is 11.2. The van der Waals surface area contributed by atoms with Crippen LogP contribution in [0, 0.1) is 0 Å². The molecule has 4 aromatic rings. The minimum atomic E-state index is 0.0249. The zero-order chi connectivity index (χ0) is 14.4. The first-order valence-electron chi connectivity index (χ1n) is 6.41. The molecular formula is C16H10N2OS2. The minimum Gasteiger partial charge on any atom is -0.375 e. The van der Waals surface area contributed by atoms with Gasteiger partial charge in [-0.15, -0.1) is 11.3 Å². The summed E-state index contributed by atoms with van der Waals surface area (Å²) in [5.41, 5.74) is 7.64. The molecule has 2 aromatic heterocycles. The van der Waals surface area contributed by atoms with Crippen molar-refractivity contribution in [3.05, 3.63) is 58.8 Å². The molecule has 3 nitrogen and oxygen atoms in total. The zero-order valence-corrected chi connectivity index (χ0v) is 12.5. The van der Waals surface area contributed by atoms with Gasteiger partial charge < -0.3 is 5.73 Å². The maximum Gasteiger partial charge on any atom is 0.190 e. The van der Waals surface area contributed by atoms with Crippen molar-refractivity contribution in [2.45, 2.75) is 0 Å². The zero-order valence-electron chi connectivity index (χ0n) is 10.9. The molecule has 2 aromatic carbocycles. The molecule has 2 heterocycles. The predicted molar refractivity (Wildman–Crippen MR) is 91.1 cm³/mol. The van der Waals surface area contributed by atoms with Gasteiger partial charge in [0.2, 0.25) is 0 Å². The van der Waals surface area contributed by atoms with Crippen LogP contribution in [0.3, 0.4) is 0 Å². The number of hydrogen-bond donors (Lipinski definition) is 1. The Kier molecular flexibility index (Phi) is 2.77. The van der Waals surface area contributed by atoms with Gasteiger partial charge in [-0.05, 0) is 17.7 Å². The third kappa shape index (κ3) is 2.02. The van der Waals surface area contributed by atoms with Crippen LogP contribution in [0.15, 0.2) is 53.3 Å². The molecule has 0 aliphatic rings. The van der Waals surface area contributed by atoms with E-state index in [1.54, 1.807) is 17.4 Å². The topological polar surface area (TPSA) is 56.0 Å². The molecule has 0 radical (unpaired) electrons. The SMILES string of the molecule is Nc1nc2ccc3sc(-c4ccccc4)cc(=O)c3c2s1. The molecular weight excluding hydrogens is 300 g/mol. The van der Waals surface area contributed by atoms with Crippen molar-refractivity contribution >= 4 is 48.1 Å². The highest BCUT2D eigenvalue weighted by Crippen LogP contribution is 2.34. The van der Waals surface area contributed by atoms with Crippen molar-refractivity contribution in [2.24, 2.45) is 0 Å². The summed E-state index contributed by atoms with van der Waals surface area (Å²) < 4.78 is 1.85. The van der Waals surface area contributed by atoms with Crippen molar-refractivity contribution in [2.75, 3.05) is 5.73 Å². The maximum atomic E-state index is 12.5. The highest BCUT2D eigenvalue weighted by molar-refractivity contribution is 7.25. The largest absolute Gasteiger partial charge is 0.375 e. The van der Waals surface area contributed by atoms with Crippen LogP contribution in [0.1, 0.15) is 0 Å². The van der Waals surface area contributed by atoms with Gasteiger partial charge in [-0.3, -0.25) is 4.79 Å². The number of nitrogens with two attached hydrogens (primary N) is 1. The summed E-state index contributed by atoms with van der Waals surface area (Å²) in [6.07, 6.45) is 0. The van der Waals surface area contributed by atoms with E-state index < -0.39 is 0 Å². The van der Waals surface area contributed by atoms with E-state index in [2.05, 4.69) is 4.98 Å². The Labute approximate surface area is 128 Å². The quantitative estimate of drug-likeness (QED) is 0.575. The highest BCUT2D eigenvalue weighted by Gasteiger charge is 2.11. The second-order valence-electron chi connectivity index (χ2n) is 4.68. The van der Waals surface area contributed by atoms with Crippen LogP contribution in [0.4, 0.5) is 5.13 Å². The first kappa shape index (κ1) is 12.5. The Hall–Kier alpha value is -2.24. The lowest BCUT2D eigenvalue weighted by atomic mass is 10.1. The van der Waals surface area contributed by atoms with E-state index in [9.17, 15) is 4.79 Å². The standard InChI is InChI=1S/C16H10N2OS2/c17-16-18-10-6-7-12-14(15(10)21-16)11(19)8-13(20-12)9-4-2-1-3-5-9/h1-8H,(H2,17,18). The number of rotatable bonds is 1. The van der Waals surface area contributed by atoms with E-state index >= 15 is 0 Å². The Morgan fingerprint density at radius 2 is 1.81 bits per heavy atom. The fourth-order valence-electron chi connectivity index (χ4n) is 2.39. The van der Waals surface area contributed by atoms with Crippen LogP contribution in [0.2, 0.25) is 0 Å². The number of nitrogen functional groups attached to an aromatic ring is 1. The van der Waals surface area contributed by atoms with Crippen molar-refractivity contribution in [1.82, 2.24) is 4.98 Å². The fourth-order valence-corrected chi connectivity index (χ4v) is 4.44. The molecule has 0 atom stereocenters. The molecule has 0 spiro atoms. The number of aromatic nitrogens is 1. The fraction of sp³-hybridized carbons (Fsp3) is 0. The first-order chi connectivity index (χ1) is 10.2. The second-order valence-corrected chi connectivity index (χ2v) is 6.79. The van der Waals surface area contributed by atoms with Crippen LogP contribution in [0.25, 0.3) is 30.7 Å². The molecule has 5 heteroatoms. The van der Waals surface area contributed by atoms with Gasteiger partial charge >= 0.3 is 0 Å². The Balaban J connectivity index is 2.08. The predicted octanol–water partition coefficient (Wildman–Crippen LogP) is 4.12. The smallest absolute Gasteiger partial charge is 0.190 e. The van der Waals surface area contributed by atoms with Gasteiger partial charge in [0.15, 0.2) is 10.6 Å². The molecule has 4 rings (SSSR count). The van der Waals surface area contributed by atoms with Crippen molar-refractivity contribution in [3.63, 3.8) is 0 Å². The number of benzene rings is 2. The van der Waals surface area contributed by atoms with E-state index in [1.165, 1.54) is 11.3 Å². The highest BCUT2D eigenvalue weighted by atomic mass is 32.1. The molecule has 0 saturated carbocycles. The molecule has 0 fully saturated rings. The third-order valence-corrected chi connectivity index (χ3v) is 5.37. The Bertz CT molecular complexity index is 1020. The van der Waals surface area contributed by atoms with Crippen LogP contribution in [-0.4, -0.2) is 4.98 Å². The summed E-state index contributed by atoms with van der Waals surface area (Å²) >= 11 is 2.99. The summed E-state index contributed by atoms with van der Waals surface area (Å²) in [5, 5.41) is 1.22. The lowest BCUT2D eigenvalue weighted by molar-refractivity contribution is 1.50. The third-order valence-electron chi connectivity index (χ3n) is 3.32. The molecule has 102 valence electrons. The average Bonchev–Trinajstić information content (AvgIpc) is 2.88. The van der Waals surface area contributed by atoms with Crippen molar-refractivity contribution in [3.8, 4) is 10.4 Å². The summed E-state index contributed by atoms with van der Waals surface area (Å²) in [5.74, 6) is 0. The van der Waals surface area contributed by atoms with Gasteiger partial charge in [0.05, 0.1) is 15.6 Å². The average molecular weight is 310 g/mol. The second kappa shape index (κ2) is 4.65. The summed E-state index contributed by atoms with van der Waals surface area (Å²) in [6.45, 7) is 0. The van der Waals surface area contributed by atoms with Crippen LogP contribution >= 0.6 is 22.7 Å². The van der Waals surface area contributed by atoms with Crippen molar-refractivity contribution < 1.29 is 0 Å². The van der Waals surface area contributed by atoms with Gasteiger partial charge in [0.1, 0.15) is 0 Å². The number of fused-ring (bicyclic) bond motifs is 3. The van der Waals surface area contributed by atoms with E-state index in [0.29, 0.717) is 5.13 Å². The van der Waals surface area contributed by atoms with E-state index in [-0.39, 0.29) is 5.43 Å². The number of nitrogens with zero attached hydrogens (tertiary/aromatic N) is 1. The van der Waals surface area contributed by atoms with Gasteiger partial charge in [-0.2, -0.15) is 0 Å². The minimum absolute atomic E-state index is 0.0249. The van der Waals surface area contributed by atoms with E-state index in [1.807, 2.05) is 42.5 Å². The van der Waals surface area contributed by atoms with Crippen LogP contribution in [-0.2, 0) is 0 Å². The Morgan fingerprint density at radius 3 is 2.62 bits per heavy atom. The summed E-state index contributed by atoms with van der Waals surface area (Å²) in [6, 6.07) is 15.5. The number of hydrogen-bond acceptors (Lipinski definition) is 5. The maximum absolute atomic E-state index is 12.5. The van der Waals surface area contributed by atoms with Gasteiger partial charge in [0, 0.05) is 15.6 Å². The van der Waals surface area contributed by atoms with Gasteiger partial charge in [-0.1, -0.05) is 41.7 Å². The van der Waals surface area contributed by atoms with Crippen LogP contribution in [0.5, 0.6) is 0 Å². The Morgan fingerprint density at radius 1 is 1.00 bits per heavy atom. The molecule has 0 unspecified atom stereocenters. The number of anilines is 1. The van der Waals surface area contributed by atoms with Crippen molar-refractivity contribution in [1.29, 1.82) is 0 Å². The molecule has 0 aliphatic heterocycles. The van der Waals surface area contributed by atoms with Gasteiger partial charge in [-0.25, -0.2) is 4.98 Å². The lowest BCUT2D eigenvalue weighted by Crippen LogP contribution is -1.99. The first-order valence-corrected chi connectivity index (χ1v) is 8.04. The van der Waals surface area contributed by atoms with E-state index in [4.69, 9.17) is 5.73 Å². The monoisotopic (exact) mass is 310 g/mol. The molecule has 0 amide bonds. The summed E-state index contributed by atoms with van der Waals surface area (Å²) in [7, 11) is 0. The molecule has 21 heavy (non-hydrogen) atoms. The summed E-state index contributed by atoms with van der Waals surface area (Å²) in [4.78, 5) is 17.8. The lowest BCUT2D eigenvalue weighted by Gasteiger charge is -2.03. The molecule has 0 bridgehead atoms. The number of thiazole rings is 1. The van der Waals surface area contributed by atoms with Crippen LogP contribution < -0.4 is 11.2 Å². The van der Waals surface area contributed by atoms with Gasteiger partial charge in [0.25, 0.3) is 0 Å². The molecule has 2 N–H and O–H groups in total. The molecule has 0 saturated heterocycles. The molecule has 0 aliphatic carbocycles. The van der Waals surface area contributed by atoms with E-state index in [0.717, 1.165) is 30.7 Å².